The number of rotatable bonds is 1. The van der Waals surface area contributed by atoms with Crippen LogP contribution in [0.3, 0.4) is 0 Å². The van der Waals surface area contributed by atoms with Gasteiger partial charge in [-0.3, -0.25) is 0 Å². The van der Waals surface area contributed by atoms with Gasteiger partial charge in [0.15, 0.2) is 0 Å². The zero-order valence-electron chi connectivity index (χ0n) is 8.28. The number of benzene rings is 1. The van der Waals surface area contributed by atoms with Crippen LogP contribution >= 0.6 is 0 Å². The van der Waals surface area contributed by atoms with E-state index < -0.39 is 0 Å². The van der Waals surface area contributed by atoms with Crippen LogP contribution in [0.5, 0.6) is 5.75 Å². The van der Waals surface area contributed by atoms with Crippen LogP contribution in [0.15, 0.2) is 24.3 Å². The van der Waals surface area contributed by atoms with Crippen LogP contribution in [0.25, 0.3) is 0 Å². The minimum atomic E-state index is 0.185. The van der Waals surface area contributed by atoms with Crippen LogP contribution in [0.4, 0.5) is 0 Å². The third-order valence-electron chi connectivity index (χ3n) is 2.67. The quantitative estimate of drug-likeness (QED) is 0.741. The van der Waals surface area contributed by atoms with Crippen molar-refractivity contribution in [1.82, 2.24) is 0 Å². The highest BCUT2D eigenvalue weighted by Crippen LogP contribution is 2.28. The van der Waals surface area contributed by atoms with E-state index in [9.17, 15) is 5.11 Å². The highest BCUT2D eigenvalue weighted by molar-refractivity contribution is 5.28. The van der Waals surface area contributed by atoms with Gasteiger partial charge in [0, 0.05) is 6.61 Å². The molecule has 0 spiro atoms. The van der Waals surface area contributed by atoms with Crippen LogP contribution in [0.2, 0.25) is 0 Å². The normalized spacial score (nSPS) is 23.0. The van der Waals surface area contributed by atoms with Gasteiger partial charge < -0.3 is 9.84 Å². The molecule has 0 aliphatic carbocycles. The predicted molar refractivity (Wildman–Crippen MR) is 55.3 cm³/mol. The molecule has 0 amide bonds. The van der Waals surface area contributed by atoms with E-state index in [1.807, 2.05) is 12.1 Å². The molecule has 0 aromatic heterocycles. The summed E-state index contributed by atoms with van der Waals surface area (Å²) in [7, 11) is 0. The molecule has 1 N–H and O–H groups in total. The van der Waals surface area contributed by atoms with E-state index in [1.54, 1.807) is 12.1 Å². The molecular weight excluding hydrogens is 176 g/mol. The first-order valence-corrected chi connectivity index (χ1v) is 5.27. The predicted octanol–water partition coefficient (Wildman–Crippen LogP) is 3.02. The Morgan fingerprint density at radius 2 is 2.14 bits per heavy atom. The Morgan fingerprint density at radius 1 is 1.21 bits per heavy atom. The standard InChI is InChI=1S/C12H16O2/c13-11-6-4-5-10(9-11)12-7-2-1-3-8-14-12/h4-6,9,12-13H,1-3,7-8H2. The molecule has 1 aliphatic rings. The van der Waals surface area contributed by atoms with Gasteiger partial charge in [-0.1, -0.05) is 25.0 Å². The Hall–Kier alpha value is -1.02. The minimum absolute atomic E-state index is 0.185. The molecule has 1 atom stereocenters. The van der Waals surface area contributed by atoms with Gasteiger partial charge in [-0.2, -0.15) is 0 Å². The highest BCUT2D eigenvalue weighted by Gasteiger charge is 2.14. The van der Waals surface area contributed by atoms with Crippen molar-refractivity contribution in [3.8, 4) is 5.75 Å². The Kier molecular flexibility index (Phi) is 3.04. The smallest absolute Gasteiger partial charge is 0.115 e. The third kappa shape index (κ3) is 2.26. The molecule has 2 heteroatoms. The monoisotopic (exact) mass is 192 g/mol. The lowest BCUT2D eigenvalue weighted by Gasteiger charge is -2.15. The number of aromatic hydroxyl groups is 1. The van der Waals surface area contributed by atoms with Crippen LogP contribution in [-0.2, 0) is 4.74 Å². The van der Waals surface area contributed by atoms with Crippen LogP contribution in [-0.4, -0.2) is 11.7 Å². The van der Waals surface area contributed by atoms with Crippen molar-refractivity contribution in [3.63, 3.8) is 0 Å². The molecule has 1 aliphatic heterocycles. The van der Waals surface area contributed by atoms with E-state index in [0.717, 1.165) is 25.0 Å². The summed E-state index contributed by atoms with van der Waals surface area (Å²) in [4.78, 5) is 0. The van der Waals surface area contributed by atoms with Crippen molar-refractivity contribution in [3.05, 3.63) is 29.8 Å². The van der Waals surface area contributed by atoms with E-state index >= 15 is 0 Å². The molecule has 1 heterocycles. The fourth-order valence-electron chi connectivity index (χ4n) is 1.91. The first-order chi connectivity index (χ1) is 6.86. The van der Waals surface area contributed by atoms with E-state index in [-0.39, 0.29) is 6.10 Å². The summed E-state index contributed by atoms with van der Waals surface area (Å²) >= 11 is 0. The molecule has 1 unspecified atom stereocenters. The summed E-state index contributed by atoms with van der Waals surface area (Å²) in [5.41, 5.74) is 1.10. The zero-order chi connectivity index (χ0) is 9.80. The van der Waals surface area contributed by atoms with Crippen molar-refractivity contribution in [1.29, 1.82) is 0 Å². The molecule has 1 aromatic rings. The lowest BCUT2D eigenvalue weighted by Crippen LogP contribution is -2.02. The topological polar surface area (TPSA) is 29.5 Å². The van der Waals surface area contributed by atoms with E-state index in [2.05, 4.69) is 0 Å². The summed E-state index contributed by atoms with van der Waals surface area (Å²) in [6, 6.07) is 7.39. The maximum Gasteiger partial charge on any atom is 0.115 e. The Bertz CT molecular complexity index is 288. The molecule has 0 bridgehead atoms. The van der Waals surface area contributed by atoms with E-state index in [0.29, 0.717) is 5.75 Å². The molecule has 1 fully saturated rings. The maximum absolute atomic E-state index is 9.36. The molecular formula is C12H16O2. The SMILES string of the molecule is Oc1cccc(C2CCCCCO2)c1. The summed E-state index contributed by atoms with van der Waals surface area (Å²) in [6.07, 6.45) is 4.90. The Labute approximate surface area is 84.5 Å². The maximum atomic E-state index is 9.36. The van der Waals surface area contributed by atoms with Crippen LogP contribution in [0, 0.1) is 0 Å². The second kappa shape index (κ2) is 4.47. The molecule has 76 valence electrons. The number of phenols is 1. The fraction of sp³-hybridized carbons (Fsp3) is 0.500. The average Bonchev–Trinajstić information content (AvgIpc) is 2.45. The highest BCUT2D eigenvalue weighted by atomic mass is 16.5. The van der Waals surface area contributed by atoms with Crippen molar-refractivity contribution in [2.75, 3.05) is 6.61 Å². The van der Waals surface area contributed by atoms with Crippen molar-refractivity contribution >= 4 is 0 Å². The van der Waals surface area contributed by atoms with Gasteiger partial charge in [0.25, 0.3) is 0 Å². The van der Waals surface area contributed by atoms with Crippen LogP contribution < -0.4 is 0 Å². The van der Waals surface area contributed by atoms with Gasteiger partial charge in [0.05, 0.1) is 6.10 Å². The molecule has 1 aromatic carbocycles. The van der Waals surface area contributed by atoms with Gasteiger partial charge in [0.1, 0.15) is 5.75 Å². The lowest BCUT2D eigenvalue weighted by molar-refractivity contribution is 0.0582. The third-order valence-corrected chi connectivity index (χ3v) is 2.67. The summed E-state index contributed by atoms with van der Waals surface area (Å²) < 4.78 is 5.73. The fourth-order valence-corrected chi connectivity index (χ4v) is 1.91. The molecule has 14 heavy (non-hydrogen) atoms. The van der Waals surface area contributed by atoms with Gasteiger partial charge >= 0.3 is 0 Å². The van der Waals surface area contributed by atoms with Gasteiger partial charge in [-0.25, -0.2) is 0 Å². The Balaban J connectivity index is 2.12. The number of phenolic OH excluding ortho intramolecular Hbond substituents is 1. The zero-order valence-corrected chi connectivity index (χ0v) is 8.28. The number of ether oxygens (including phenoxy) is 1. The first kappa shape index (κ1) is 9.53. The van der Waals surface area contributed by atoms with Gasteiger partial charge in [-0.15, -0.1) is 0 Å². The molecule has 2 nitrogen and oxygen atoms in total. The van der Waals surface area contributed by atoms with Crippen molar-refractivity contribution in [2.45, 2.75) is 31.8 Å². The van der Waals surface area contributed by atoms with Crippen molar-refractivity contribution < 1.29 is 9.84 Å². The average molecular weight is 192 g/mol. The Morgan fingerprint density at radius 3 is 3.00 bits per heavy atom. The number of hydrogen-bond donors (Lipinski definition) is 1. The largest absolute Gasteiger partial charge is 0.508 e. The van der Waals surface area contributed by atoms with Gasteiger partial charge in [-0.05, 0) is 30.5 Å². The molecule has 0 saturated carbocycles. The number of hydrogen-bond acceptors (Lipinski definition) is 2. The lowest BCUT2D eigenvalue weighted by atomic mass is 10.0. The first-order valence-electron chi connectivity index (χ1n) is 5.27. The summed E-state index contributed by atoms with van der Waals surface area (Å²) in [6.45, 7) is 0.848. The second-order valence-electron chi connectivity index (χ2n) is 3.80. The van der Waals surface area contributed by atoms with E-state index in [4.69, 9.17) is 4.74 Å². The summed E-state index contributed by atoms with van der Waals surface area (Å²) in [5.74, 6) is 0.329. The van der Waals surface area contributed by atoms with E-state index in [1.165, 1.54) is 12.8 Å². The minimum Gasteiger partial charge on any atom is -0.508 e. The molecule has 0 radical (unpaired) electrons. The molecule has 1 saturated heterocycles. The van der Waals surface area contributed by atoms with Crippen LogP contribution in [0.1, 0.15) is 37.4 Å². The van der Waals surface area contributed by atoms with Crippen molar-refractivity contribution in [2.24, 2.45) is 0 Å². The summed E-state index contributed by atoms with van der Waals surface area (Å²) in [5, 5.41) is 9.36. The second-order valence-corrected chi connectivity index (χ2v) is 3.80. The molecule has 2 rings (SSSR count). The van der Waals surface area contributed by atoms with Gasteiger partial charge in [0.2, 0.25) is 0 Å².